The summed E-state index contributed by atoms with van der Waals surface area (Å²) in [5, 5.41) is 3.32. The molecule has 1 aliphatic rings. The fourth-order valence-electron chi connectivity index (χ4n) is 3.19. The highest BCUT2D eigenvalue weighted by Gasteiger charge is 2.33. The number of nitrogens with two attached hydrogens (primary N) is 1. The standard InChI is InChI=1S/C16H33N3O/c1-5-10-18-16(3,15(17)20)11-13(2)19(4)12-14-8-6-7-9-14/h13-14,18H,5-12H2,1-4H3,(H2,17,20). The molecular formula is C16H33N3O. The lowest BCUT2D eigenvalue weighted by atomic mass is 9.91. The average Bonchev–Trinajstić information content (AvgIpc) is 2.88. The lowest BCUT2D eigenvalue weighted by Gasteiger charge is -2.35. The number of carbonyl (C=O) groups is 1. The quantitative estimate of drug-likeness (QED) is 0.681. The van der Waals surface area contributed by atoms with Crippen LogP contribution in [-0.2, 0) is 4.79 Å². The van der Waals surface area contributed by atoms with Gasteiger partial charge in [-0.3, -0.25) is 4.79 Å². The summed E-state index contributed by atoms with van der Waals surface area (Å²) in [6.07, 6.45) is 7.26. The highest BCUT2D eigenvalue weighted by atomic mass is 16.1. The van der Waals surface area contributed by atoms with E-state index in [1.54, 1.807) is 0 Å². The van der Waals surface area contributed by atoms with Crippen molar-refractivity contribution in [2.75, 3.05) is 20.1 Å². The molecule has 1 saturated carbocycles. The van der Waals surface area contributed by atoms with Gasteiger partial charge >= 0.3 is 0 Å². The Morgan fingerprint density at radius 2 is 2.05 bits per heavy atom. The first-order valence-corrected chi connectivity index (χ1v) is 8.14. The maximum atomic E-state index is 11.8. The number of hydrogen-bond donors (Lipinski definition) is 2. The van der Waals surface area contributed by atoms with Gasteiger partial charge in [-0.15, -0.1) is 0 Å². The summed E-state index contributed by atoms with van der Waals surface area (Å²) in [6.45, 7) is 8.21. The van der Waals surface area contributed by atoms with Crippen molar-refractivity contribution in [2.24, 2.45) is 11.7 Å². The van der Waals surface area contributed by atoms with E-state index in [0.29, 0.717) is 6.04 Å². The van der Waals surface area contributed by atoms with E-state index < -0.39 is 5.54 Å². The first-order valence-electron chi connectivity index (χ1n) is 8.14. The molecule has 118 valence electrons. The van der Waals surface area contributed by atoms with Gasteiger partial charge in [0.05, 0.1) is 5.54 Å². The van der Waals surface area contributed by atoms with E-state index in [0.717, 1.165) is 31.8 Å². The molecule has 0 saturated heterocycles. The molecular weight excluding hydrogens is 250 g/mol. The minimum atomic E-state index is -0.598. The predicted octanol–water partition coefficient (Wildman–Crippen LogP) is 2.13. The Kier molecular flexibility index (Phi) is 6.96. The fourth-order valence-corrected chi connectivity index (χ4v) is 3.19. The van der Waals surface area contributed by atoms with Crippen LogP contribution in [0.2, 0.25) is 0 Å². The van der Waals surface area contributed by atoms with Crippen LogP contribution < -0.4 is 11.1 Å². The second-order valence-electron chi connectivity index (χ2n) is 6.77. The summed E-state index contributed by atoms with van der Waals surface area (Å²) >= 11 is 0. The van der Waals surface area contributed by atoms with Crippen LogP contribution in [0.4, 0.5) is 0 Å². The van der Waals surface area contributed by atoms with Crippen molar-refractivity contribution in [3.05, 3.63) is 0 Å². The number of nitrogens with one attached hydrogen (secondary N) is 1. The Bertz CT molecular complexity index is 302. The molecule has 4 heteroatoms. The Hall–Kier alpha value is -0.610. The Labute approximate surface area is 124 Å². The molecule has 3 N–H and O–H groups in total. The predicted molar refractivity (Wildman–Crippen MR) is 84.6 cm³/mol. The van der Waals surface area contributed by atoms with Crippen LogP contribution in [-0.4, -0.2) is 42.5 Å². The molecule has 4 nitrogen and oxygen atoms in total. The highest BCUT2D eigenvalue weighted by Crippen LogP contribution is 2.26. The molecule has 1 amide bonds. The summed E-state index contributed by atoms with van der Waals surface area (Å²) in [5.74, 6) is 0.595. The van der Waals surface area contributed by atoms with E-state index in [-0.39, 0.29) is 5.91 Å². The summed E-state index contributed by atoms with van der Waals surface area (Å²) < 4.78 is 0. The van der Waals surface area contributed by atoms with Gasteiger partial charge in [0.15, 0.2) is 0 Å². The van der Waals surface area contributed by atoms with Gasteiger partial charge in [0.1, 0.15) is 0 Å². The average molecular weight is 283 g/mol. The third kappa shape index (κ3) is 5.06. The van der Waals surface area contributed by atoms with Gasteiger partial charge in [0.2, 0.25) is 5.91 Å². The van der Waals surface area contributed by atoms with E-state index in [1.165, 1.54) is 25.7 Å². The summed E-state index contributed by atoms with van der Waals surface area (Å²) in [4.78, 5) is 14.2. The smallest absolute Gasteiger partial charge is 0.237 e. The second kappa shape index (κ2) is 7.99. The maximum absolute atomic E-state index is 11.8. The number of rotatable bonds is 9. The van der Waals surface area contributed by atoms with Gasteiger partial charge in [-0.1, -0.05) is 19.8 Å². The van der Waals surface area contributed by atoms with Crippen LogP contribution in [0.15, 0.2) is 0 Å². The zero-order chi connectivity index (χ0) is 15.2. The molecule has 0 aromatic carbocycles. The van der Waals surface area contributed by atoms with Gasteiger partial charge in [0.25, 0.3) is 0 Å². The van der Waals surface area contributed by atoms with Crippen molar-refractivity contribution in [3.63, 3.8) is 0 Å². The molecule has 2 atom stereocenters. The van der Waals surface area contributed by atoms with Crippen LogP contribution >= 0.6 is 0 Å². The largest absolute Gasteiger partial charge is 0.368 e. The number of primary amides is 1. The normalized spacial score (nSPS) is 21.1. The SMILES string of the molecule is CCCNC(C)(CC(C)N(C)CC1CCCC1)C(N)=O. The van der Waals surface area contributed by atoms with Crippen LogP contribution in [0.5, 0.6) is 0 Å². The molecule has 0 aliphatic heterocycles. The second-order valence-corrected chi connectivity index (χ2v) is 6.77. The van der Waals surface area contributed by atoms with Crippen molar-refractivity contribution in [1.82, 2.24) is 10.2 Å². The van der Waals surface area contributed by atoms with Crippen molar-refractivity contribution in [2.45, 2.75) is 70.9 Å². The van der Waals surface area contributed by atoms with Gasteiger partial charge < -0.3 is 16.0 Å². The molecule has 2 unspecified atom stereocenters. The molecule has 0 heterocycles. The van der Waals surface area contributed by atoms with E-state index in [9.17, 15) is 4.79 Å². The summed E-state index contributed by atoms with van der Waals surface area (Å²) in [7, 11) is 2.17. The van der Waals surface area contributed by atoms with Crippen molar-refractivity contribution < 1.29 is 4.79 Å². The topological polar surface area (TPSA) is 58.4 Å². The molecule has 0 aromatic rings. The Morgan fingerprint density at radius 3 is 2.55 bits per heavy atom. The monoisotopic (exact) mass is 283 g/mol. The van der Waals surface area contributed by atoms with Crippen LogP contribution in [0, 0.1) is 5.92 Å². The molecule has 0 aromatic heterocycles. The minimum Gasteiger partial charge on any atom is -0.368 e. The van der Waals surface area contributed by atoms with Crippen molar-refractivity contribution >= 4 is 5.91 Å². The van der Waals surface area contributed by atoms with Crippen LogP contribution in [0.3, 0.4) is 0 Å². The number of amides is 1. The first kappa shape index (κ1) is 17.4. The summed E-state index contributed by atoms with van der Waals surface area (Å²) in [6, 6.07) is 0.359. The molecule has 0 bridgehead atoms. The van der Waals surface area contributed by atoms with Crippen molar-refractivity contribution in [3.8, 4) is 0 Å². The third-order valence-electron chi connectivity index (χ3n) is 4.79. The Balaban J connectivity index is 2.50. The third-order valence-corrected chi connectivity index (χ3v) is 4.79. The van der Waals surface area contributed by atoms with E-state index in [1.807, 2.05) is 6.92 Å². The van der Waals surface area contributed by atoms with Gasteiger partial charge in [-0.25, -0.2) is 0 Å². The van der Waals surface area contributed by atoms with E-state index in [2.05, 4.69) is 31.1 Å². The van der Waals surface area contributed by atoms with Crippen molar-refractivity contribution in [1.29, 1.82) is 0 Å². The number of nitrogens with zero attached hydrogens (tertiary/aromatic N) is 1. The molecule has 0 radical (unpaired) electrons. The van der Waals surface area contributed by atoms with Crippen LogP contribution in [0.25, 0.3) is 0 Å². The van der Waals surface area contributed by atoms with Crippen LogP contribution in [0.1, 0.15) is 59.3 Å². The Morgan fingerprint density at radius 1 is 1.45 bits per heavy atom. The first-order chi connectivity index (χ1) is 9.39. The summed E-state index contributed by atoms with van der Waals surface area (Å²) in [5.41, 5.74) is 5.01. The molecule has 20 heavy (non-hydrogen) atoms. The molecule has 1 fully saturated rings. The van der Waals surface area contributed by atoms with E-state index in [4.69, 9.17) is 5.73 Å². The zero-order valence-electron chi connectivity index (χ0n) is 13.7. The van der Waals surface area contributed by atoms with E-state index >= 15 is 0 Å². The number of carbonyl (C=O) groups excluding carboxylic acids is 1. The fraction of sp³-hybridized carbons (Fsp3) is 0.938. The minimum absolute atomic E-state index is 0.243. The van der Waals surface area contributed by atoms with Gasteiger partial charge in [0, 0.05) is 12.6 Å². The lowest BCUT2D eigenvalue weighted by Crippen LogP contribution is -2.56. The van der Waals surface area contributed by atoms with Gasteiger partial charge in [-0.05, 0) is 59.0 Å². The number of hydrogen-bond acceptors (Lipinski definition) is 3. The molecule has 1 aliphatic carbocycles. The molecule has 1 rings (SSSR count). The van der Waals surface area contributed by atoms with Gasteiger partial charge in [-0.2, -0.15) is 0 Å². The molecule has 0 spiro atoms. The lowest BCUT2D eigenvalue weighted by molar-refractivity contribution is -0.124. The maximum Gasteiger partial charge on any atom is 0.237 e. The highest BCUT2D eigenvalue weighted by molar-refractivity contribution is 5.84. The zero-order valence-corrected chi connectivity index (χ0v) is 13.7.